The van der Waals surface area contributed by atoms with E-state index in [0.29, 0.717) is 34.2 Å². The Morgan fingerprint density at radius 3 is 2.28 bits per heavy atom. The van der Waals surface area contributed by atoms with Gasteiger partial charge in [0.1, 0.15) is 0 Å². The largest absolute Gasteiger partial charge is 0.355 e. The van der Waals surface area contributed by atoms with Crippen LogP contribution in [-0.2, 0) is 0 Å². The Morgan fingerprint density at radius 2 is 1.55 bits per heavy atom. The summed E-state index contributed by atoms with van der Waals surface area (Å²) < 4.78 is 0. The maximum Gasteiger partial charge on any atom is 0.319 e. The molecule has 29 heavy (non-hydrogen) atoms. The van der Waals surface area contributed by atoms with Gasteiger partial charge in [-0.25, -0.2) is 4.79 Å². The molecule has 3 aromatic carbocycles. The molecule has 0 radical (unpaired) electrons. The van der Waals surface area contributed by atoms with E-state index in [2.05, 4.69) is 21.3 Å². The van der Waals surface area contributed by atoms with E-state index in [-0.39, 0.29) is 11.9 Å². The number of halogens is 1. The molecular formula is C22H21ClN4O2. The maximum absolute atomic E-state index is 12.9. The van der Waals surface area contributed by atoms with Gasteiger partial charge in [0.25, 0.3) is 5.91 Å². The van der Waals surface area contributed by atoms with Crippen LogP contribution >= 0.6 is 11.6 Å². The molecule has 3 amide bonds. The standard InChI is InChI=1S/C22H21ClN4O2/c1-2-24-22(29)27-18-11-12-19(20(14-18)25-16-8-4-3-5-9-16)21(28)26-17-10-6-7-15(23)13-17/h3-14,25H,2H2,1H3,(H,26,28)(H2,24,27,29). The summed E-state index contributed by atoms with van der Waals surface area (Å²) in [6.45, 7) is 2.35. The molecule has 0 aliphatic heterocycles. The Hall–Kier alpha value is -3.51. The van der Waals surface area contributed by atoms with Crippen molar-refractivity contribution >= 4 is 46.3 Å². The third kappa shape index (κ3) is 5.73. The van der Waals surface area contributed by atoms with Crippen LogP contribution in [0.25, 0.3) is 0 Å². The van der Waals surface area contributed by atoms with Crippen LogP contribution in [0.2, 0.25) is 5.02 Å². The Kier molecular flexibility index (Phi) is 6.71. The third-order valence-electron chi connectivity index (χ3n) is 3.99. The molecule has 0 fully saturated rings. The summed E-state index contributed by atoms with van der Waals surface area (Å²) >= 11 is 6.00. The fraction of sp³-hybridized carbons (Fsp3) is 0.0909. The van der Waals surface area contributed by atoms with Crippen LogP contribution in [0.15, 0.2) is 72.8 Å². The van der Waals surface area contributed by atoms with Gasteiger partial charge in [-0.3, -0.25) is 4.79 Å². The molecular weight excluding hydrogens is 388 g/mol. The second-order valence-electron chi connectivity index (χ2n) is 6.20. The lowest BCUT2D eigenvalue weighted by Gasteiger charge is -2.15. The van der Waals surface area contributed by atoms with E-state index < -0.39 is 0 Å². The molecule has 0 unspecified atom stereocenters. The number of hydrogen-bond donors (Lipinski definition) is 4. The molecule has 3 rings (SSSR count). The van der Waals surface area contributed by atoms with E-state index in [1.54, 1.807) is 42.5 Å². The molecule has 0 saturated heterocycles. The van der Waals surface area contributed by atoms with Gasteiger partial charge in [-0.15, -0.1) is 0 Å². The highest BCUT2D eigenvalue weighted by atomic mass is 35.5. The summed E-state index contributed by atoms with van der Waals surface area (Å²) in [6, 6.07) is 21.2. The van der Waals surface area contributed by atoms with Gasteiger partial charge in [-0.05, 0) is 55.5 Å². The summed E-state index contributed by atoms with van der Waals surface area (Å²) in [7, 11) is 0. The summed E-state index contributed by atoms with van der Waals surface area (Å²) in [5.41, 5.74) is 2.96. The number of urea groups is 1. The van der Waals surface area contributed by atoms with E-state index >= 15 is 0 Å². The Bertz CT molecular complexity index is 1010. The molecule has 0 spiro atoms. The van der Waals surface area contributed by atoms with Crippen molar-refractivity contribution in [1.82, 2.24) is 5.32 Å². The maximum atomic E-state index is 12.9. The molecule has 0 atom stereocenters. The topological polar surface area (TPSA) is 82.3 Å². The fourth-order valence-electron chi connectivity index (χ4n) is 2.70. The molecule has 7 heteroatoms. The van der Waals surface area contributed by atoms with Crippen molar-refractivity contribution in [2.24, 2.45) is 0 Å². The first-order valence-electron chi connectivity index (χ1n) is 9.13. The van der Waals surface area contributed by atoms with Crippen LogP contribution in [0.3, 0.4) is 0 Å². The van der Waals surface area contributed by atoms with E-state index in [1.807, 2.05) is 37.3 Å². The number of nitrogens with one attached hydrogen (secondary N) is 4. The molecule has 0 heterocycles. The summed E-state index contributed by atoms with van der Waals surface area (Å²) in [4.78, 5) is 24.7. The first-order chi connectivity index (χ1) is 14.0. The van der Waals surface area contributed by atoms with Crippen molar-refractivity contribution in [3.05, 3.63) is 83.4 Å². The number of benzene rings is 3. The fourth-order valence-corrected chi connectivity index (χ4v) is 2.89. The van der Waals surface area contributed by atoms with E-state index in [1.165, 1.54) is 0 Å². The number of hydrogen-bond acceptors (Lipinski definition) is 3. The summed E-state index contributed by atoms with van der Waals surface area (Å²) in [5.74, 6) is -0.296. The van der Waals surface area contributed by atoms with Gasteiger partial charge in [-0.2, -0.15) is 0 Å². The van der Waals surface area contributed by atoms with Crippen LogP contribution in [0, 0.1) is 0 Å². The van der Waals surface area contributed by atoms with Crippen LogP contribution in [0.5, 0.6) is 0 Å². The zero-order chi connectivity index (χ0) is 20.6. The number of carbonyl (C=O) groups excluding carboxylic acids is 2. The van der Waals surface area contributed by atoms with E-state index in [4.69, 9.17) is 11.6 Å². The number of anilines is 4. The second-order valence-corrected chi connectivity index (χ2v) is 6.64. The lowest BCUT2D eigenvalue weighted by molar-refractivity contribution is 0.102. The van der Waals surface area contributed by atoms with Gasteiger partial charge in [-0.1, -0.05) is 35.9 Å². The lowest BCUT2D eigenvalue weighted by atomic mass is 10.1. The van der Waals surface area contributed by atoms with Crippen molar-refractivity contribution < 1.29 is 9.59 Å². The molecule has 148 valence electrons. The first-order valence-corrected chi connectivity index (χ1v) is 9.51. The Balaban J connectivity index is 1.89. The summed E-state index contributed by atoms with van der Waals surface area (Å²) in [5, 5.41) is 12.0. The first kappa shape index (κ1) is 20.2. The minimum absolute atomic E-state index is 0.296. The predicted molar refractivity (Wildman–Crippen MR) is 118 cm³/mol. The van der Waals surface area contributed by atoms with Crippen molar-refractivity contribution in [1.29, 1.82) is 0 Å². The number of carbonyl (C=O) groups is 2. The van der Waals surface area contributed by atoms with Gasteiger partial charge in [0.2, 0.25) is 0 Å². The molecule has 0 bridgehead atoms. The average molecular weight is 409 g/mol. The molecule has 0 aliphatic rings. The third-order valence-corrected chi connectivity index (χ3v) is 4.23. The average Bonchev–Trinajstić information content (AvgIpc) is 2.69. The van der Waals surface area contributed by atoms with Gasteiger partial charge in [0.05, 0.1) is 11.3 Å². The van der Waals surface area contributed by atoms with Gasteiger partial charge >= 0.3 is 6.03 Å². The monoisotopic (exact) mass is 408 g/mol. The molecule has 0 aromatic heterocycles. The van der Waals surface area contributed by atoms with E-state index in [9.17, 15) is 9.59 Å². The van der Waals surface area contributed by atoms with Gasteiger partial charge in [0, 0.05) is 28.6 Å². The molecule has 0 aliphatic carbocycles. The molecule has 0 saturated carbocycles. The predicted octanol–water partition coefficient (Wildman–Crippen LogP) is 5.48. The zero-order valence-electron chi connectivity index (χ0n) is 15.8. The number of rotatable bonds is 6. The minimum Gasteiger partial charge on any atom is -0.355 e. The molecule has 4 N–H and O–H groups in total. The van der Waals surface area contributed by atoms with Gasteiger partial charge in [0.15, 0.2) is 0 Å². The molecule has 6 nitrogen and oxygen atoms in total. The molecule has 3 aromatic rings. The van der Waals surface area contributed by atoms with Crippen molar-refractivity contribution in [2.45, 2.75) is 6.92 Å². The van der Waals surface area contributed by atoms with Crippen molar-refractivity contribution in [2.75, 3.05) is 22.5 Å². The highest BCUT2D eigenvalue weighted by Gasteiger charge is 2.14. The van der Waals surface area contributed by atoms with Crippen LogP contribution in [0.4, 0.5) is 27.5 Å². The number of amides is 3. The zero-order valence-corrected chi connectivity index (χ0v) is 16.6. The normalized spacial score (nSPS) is 10.1. The van der Waals surface area contributed by atoms with Crippen LogP contribution in [-0.4, -0.2) is 18.5 Å². The quantitative estimate of drug-likeness (QED) is 0.436. The minimum atomic E-state index is -0.311. The van der Waals surface area contributed by atoms with Gasteiger partial charge < -0.3 is 21.3 Å². The summed E-state index contributed by atoms with van der Waals surface area (Å²) in [6.07, 6.45) is 0. The SMILES string of the molecule is CCNC(=O)Nc1ccc(C(=O)Nc2cccc(Cl)c2)c(Nc2ccccc2)c1. The van der Waals surface area contributed by atoms with Crippen LogP contribution in [0.1, 0.15) is 17.3 Å². The highest BCUT2D eigenvalue weighted by molar-refractivity contribution is 6.31. The Labute approximate surface area is 174 Å². The lowest BCUT2D eigenvalue weighted by Crippen LogP contribution is -2.28. The second kappa shape index (κ2) is 9.61. The van der Waals surface area contributed by atoms with Crippen molar-refractivity contribution in [3.63, 3.8) is 0 Å². The number of para-hydroxylation sites is 1. The van der Waals surface area contributed by atoms with E-state index in [0.717, 1.165) is 5.69 Å². The van der Waals surface area contributed by atoms with Crippen molar-refractivity contribution in [3.8, 4) is 0 Å². The smallest absolute Gasteiger partial charge is 0.319 e. The highest BCUT2D eigenvalue weighted by Crippen LogP contribution is 2.26. The Morgan fingerprint density at radius 1 is 0.828 bits per heavy atom. The van der Waals surface area contributed by atoms with Crippen LogP contribution < -0.4 is 21.3 Å².